The fraction of sp³-hybridized carbons (Fsp3) is 0.0500. The number of primary amides is 1. The van der Waals surface area contributed by atoms with Gasteiger partial charge in [0.05, 0.1) is 11.3 Å². The first-order valence-electron chi connectivity index (χ1n) is 8.60. The monoisotopic (exact) mass is 440 g/mol. The fourth-order valence-electron chi connectivity index (χ4n) is 2.64. The van der Waals surface area contributed by atoms with Crippen molar-refractivity contribution in [2.75, 3.05) is 5.32 Å². The number of aromatic amines is 1. The maximum absolute atomic E-state index is 12.8. The van der Waals surface area contributed by atoms with E-state index >= 15 is 0 Å². The maximum Gasteiger partial charge on any atom is 0.265 e. The van der Waals surface area contributed by atoms with Crippen LogP contribution in [0.5, 0.6) is 0 Å². The van der Waals surface area contributed by atoms with Crippen LogP contribution < -0.4 is 11.1 Å². The van der Waals surface area contributed by atoms with Crippen LogP contribution in [0.1, 0.15) is 25.7 Å². The number of anilines is 1. The number of nitrogens with zero attached hydrogens (tertiary/aromatic N) is 1. The van der Waals surface area contributed by atoms with E-state index in [1.54, 1.807) is 35.4 Å². The van der Waals surface area contributed by atoms with Gasteiger partial charge in [-0.3, -0.25) is 14.9 Å². The van der Waals surface area contributed by atoms with Crippen molar-refractivity contribution in [3.05, 3.63) is 75.6 Å². The number of aromatic nitrogens is 2. The fourth-order valence-corrected chi connectivity index (χ4v) is 5.17. The molecule has 0 bridgehead atoms. The SMILES string of the molecule is NC(=O)c1cc(-c2csc(NC(=O)c3ccccc3SCc3cccs3)n2)c[nH]1. The van der Waals surface area contributed by atoms with Crippen LogP contribution in [-0.2, 0) is 5.75 Å². The minimum Gasteiger partial charge on any atom is -0.364 e. The standard InChI is InChI=1S/C20H16N4O2S3/c21-18(25)15-8-12(9-22-15)16-11-29-20(23-16)24-19(26)14-5-1-2-6-17(14)28-10-13-4-3-7-27-13/h1-9,11,22H,10H2,(H2,21,25)(H,23,24,26). The lowest BCUT2D eigenvalue weighted by atomic mass is 10.2. The van der Waals surface area contributed by atoms with Crippen LogP contribution in [0.2, 0.25) is 0 Å². The summed E-state index contributed by atoms with van der Waals surface area (Å²) in [7, 11) is 0. The lowest BCUT2D eigenvalue weighted by molar-refractivity contribution is 0.0993. The molecule has 0 saturated heterocycles. The number of nitrogens with one attached hydrogen (secondary N) is 2. The highest BCUT2D eigenvalue weighted by molar-refractivity contribution is 7.98. The molecule has 29 heavy (non-hydrogen) atoms. The van der Waals surface area contributed by atoms with Crippen molar-refractivity contribution < 1.29 is 9.59 Å². The van der Waals surface area contributed by atoms with Crippen molar-refractivity contribution in [2.24, 2.45) is 5.73 Å². The molecule has 9 heteroatoms. The molecule has 4 N–H and O–H groups in total. The van der Waals surface area contributed by atoms with Gasteiger partial charge < -0.3 is 10.7 Å². The van der Waals surface area contributed by atoms with Crippen LogP contribution in [0.15, 0.2) is 64.3 Å². The lowest BCUT2D eigenvalue weighted by Crippen LogP contribution is -2.12. The molecule has 0 fully saturated rings. The summed E-state index contributed by atoms with van der Waals surface area (Å²) >= 11 is 4.66. The summed E-state index contributed by atoms with van der Waals surface area (Å²) < 4.78 is 0. The van der Waals surface area contributed by atoms with Gasteiger partial charge in [0.25, 0.3) is 11.8 Å². The van der Waals surface area contributed by atoms with E-state index < -0.39 is 5.91 Å². The Balaban J connectivity index is 1.47. The molecule has 2 amide bonds. The van der Waals surface area contributed by atoms with Crippen molar-refractivity contribution in [3.8, 4) is 11.3 Å². The highest BCUT2D eigenvalue weighted by Crippen LogP contribution is 2.30. The highest BCUT2D eigenvalue weighted by atomic mass is 32.2. The van der Waals surface area contributed by atoms with Gasteiger partial charge in [0.1, 0.15) is 5.69 Å². The Bertz CT molecular complexity index is 1150. The van der Waals surface area contributed by atoms with Gasteiger partial charge in [-0.2, -0.15) is 0 Å². The average Bonchev–Trinajstić information content (AvgIpc) is 3.47. The molecule has 0 aliphatic carbocycles. The molecular formula is C20H16N4O2S3. The van der Waals surface area contributed by atoms with E-state index in [4.69, 9.17) is 5.73 Å². The summed E-state index contributed by atoms with van der Waals surface area (Å²) in [4.78, 5) is 33.5. The zero-order valence-corrected chi connectivity index (χ0v) is 17.5. The molecule has 146 valence electrons. The number of benzene rings is 1. The van der Waals surface area contributed by atoms with Gasteiger partial charge in [-0.1, -0.05) is 18.2 Å². The van der Waals surface area contributed by atoms with E-state index in [1.165, 1.54) is 16.2 Å². The quantitative estimate of drug-likeness (QED) is 0.358. The van der Waals surface area contributed by atoms with Crippen molar-refractivity contribution >= 4 is 51.4 Å². The first-order valence-corrected chi connectivity index (χ1v) is 11.3. The number of rotatable bonds is 7. The third-order valence-electron chi connectivity index (χ3n) is 4.05. The van der Waals surface area contributed by atoms with E-state index in [9.17, 15) is 9.59 Å². The Hall–Kier alpha value is -2.88. The van der Waals surface area contributed by atoms with Crippen molar-refractivity contribution in [1.29, 1.82) is 0 Å². The van der Waals surface area contributed by atoms with Gasteiger partial charge in [-0.05, 0) is 29.6 Å². The Morgan fingerprint density at radius 1 is 1.17 bits per heavy atom. The second-order valence-corrected chi connectivity index (χ2v) is 8.93. The smallest absolute Gasteiger partial charge is 0.265 e. The number of H-pyrrole nitrogens is 1. The summed E-state index contributed by atoms with van der Waals surface area (Å²) in [6, 6.07) is 13.3. The van der Waals surface area contributed by atoms with Crippen LogP contribution in [0, 0.1) is 0 Å². The minimum absolute atomic E-state index is 0.202. The van der Waals surface area contributed by atoms with E-state index in [1.807, 2.05) is 41.1 Å². The van der Waals surface area contributed by atoms with E-state index in [0.717, 1.165) is 16.2 Å². The van der Waals surface area contributed by atoms with E-state index in [2.05, 4.69) is 21.4 Å². The summed E-state index contributed by atoms with van der Waals surface area (Å²) in [6.07, 6.45) is 1.66. The Labute approximate surface area is 179 Å². The molecule has 3 aromatic heterocycles. The molecule has 3 heterocycles. The third kappa shape index (κ3) is 4.58. The third-order valence-corrected chi connectivity index (χ3v) is 6.99. The molecular weight excluding hydrogens is 424 g/mol. The maximum atomic E-state index is 12.8. The molecule has 0 spiro atoms. The number of thiophene rings is 1. The number of nitrogens with two attached hydrogens (primary N) is 1. The van der Waals surface area contributed by atoms with Gasteiger partial charge >= 0.3 is 0 Å². The van der Waals surface area contributed by atoms with Crippen LogP contribution in [0.4, 0.5) is 5.13 Å². The van der Waals surface area contributed by atoms with Crippen LogP contribution >= 0.6 is 34.4 Å². The number of thioether (sulfide) groups is 1. The number of thiazole rings is 1. The van der Waals surface area contributed by atoms with E-state index in [0.29, 0.717) is 22.1 Å². The van der Waals surface area contributed by atoms with Gasteiger partial charge in [-0.15, -0.1) is 34.4 Å². The molecule has 0 atom stereocenters. The Morgan fingerprint density at radius 2 is 2.03 bits per heavy atom. The molecule has 0 radical (unpaired) electrons. The normalized spacial score (nSPS) is 10.8. The number of hydrogen-bond acceptors (Lipinski definition) is 6. The second kappa shape index (κ2) is 8.64. The Kier molecular flexibility index (Phi) is 5.79. The zero-order chi connectivity index (χ0) is 20.2. The van der Waals surface area contributed by atoms with Gasteiger partial charge in [0.2, 0.25) is 0 Å². The van der Waals surface area contributed by atoms with Crippen molar-refractivity contribution in [2.45, 2.75) is 10.6 Å². The molecule has 4 rings (SSSR count). The summed E-state index contributed by atoms with van der Waals surface area (Å²) in [6.45, 7) is 0. The van der Waals surface area contributed by atoms with Gasteiger partial charge in [0, 0.05) is 32.7 Å². The van der Waals surface area contributed by atoms with E-state index in [-0.39, 0.29) is 5.91 Å². The predicted octanol–water partition coefficient (Wildman–Crippen LogP) is 4.84. The molecule has 4 aromatic rings. The van der Waals surface area contributed by atoms with Crippen LogP contribution in [0.25, 0.3) is 11.3 Å². The lowest BCUT2D eigenvalue weighted by Gasteiger charge is -2.08. The average molecular weight is 441 g/mol. The second-order valence-electron chi connectivity index (χ2n) is 6.02. The number of carbonyl (C=O) groups excluding carboxylic acids is 2. The molecule has 0 saturated carbocycles. The number of carbonyl (C=O) groups is 2. The topological polar surface area (TPSA) is 101 Å². The first kappa shape index (κ1) is 19.4. The molecule has 0 aliphatic rings. The van der Waals surface area contributed by atoms with Crippen LogP contribution in [0.3, 0.4) is 0 Å². The Morgan fingerprint density at radius 3 is 2.79 bits per heavy atom. The van der Waals surface area contributed by atoms with Gasteiger partial charge in [0.15, 0.2) is 5.13 Å². The molecule has 6 nitrogen and oxygen atoms in total. The summed E-state index contributed by atoms with van der Waals surface area (Å²) in [5, 5.41) is 7.23. The van der Waals surface area contributed by atoms with Crippen molar-refractivity contribution in [3.63, 3.8) is 0 Å². The summed E-state index contributed by atoms with van der Waals surface area (Å²) in [5.41, 5.74) is 7.59. The predicted molar refractivity (Wildman–Crippen MR) is 119 cm³/mol. The first-order chi connectivity index (χ1) is 14.1. The largest absolute Gasteiger partial charge is 0.364 e. The zero-order valence-electron chi connectivity index (χ0n) is 15.0. The molecule has 1 aromatic carbocycles. The van der Waals surface area contributed by atoms with Gasteiger partial charge in [-0.25, -0.2) is 4.98 Å². The number of amides is 2. The number of hydrogen-bond donors (Lipinski definition) is 3. The summed E-state index contributed by atoms with van der Waals surface area (Å²) in [5.74, 6) is 0.0858. The minimum atomic E-state index is -0.531. The van der Waals surface area contributed by atoms with Crippen LogP contribution in [-0.4, -0.2) is 21.8 Å². The molecule has 0 aliphatic heterocycles. The highest BCUT2D eigenvalue weighted by Gasteiger charge is 2.15. The molecule has 0 unspecified atom stereocenters. The van der Waals surface area contributed by atoms with Crippen molar-refractivity contribution in [1.82, 2.24) is 9.97 Å².